The summed E-state index contributed by atoms with van der Waals surface area (Å²) in [6, 6.07) is 11.8. The second-order valence-electron chi connectivity index (χ2n) is 9.77. The van der Waals surface area contributed by atoms with Gasteiger partial charge in [0.15, 0.2) is 11.5 Å². The van der Waals surface area contributed by atoms with Crippen molar-refractivity contribution in [3.8, 4) is 11.5 Å². The Balaban J connectivity index is 1.60. The van der Waals surface area contributed by atoms with Crippen LogP contribution in [0, 0.1) is 6.92 Å². The highest BCUT2D eigenvalue weighted by Gasteiger charge is 2.32. The third-order valence-electron chi connectivity index (χ3n) is 6.80. The summed E-state index contributed by atoms with van der Waals surface area (Å²) >= 11 is 0. The van der Waals surface area contributed by atoms with Gasteiger partial charge in [-0.1, -0.05) is 42.7 Å². The van der Waals surface area contributed by atoms with E-state index in [4.69, 9.17) is 9.47 Å². The number of benzene rings is 2. The van der Waals surface area contributed by atoms with Gasteiger partial charge in [-0.05, 0) is 44.4 Å². The van der Waals surface area contributed by atoms with Gasteiger partial charge in [0.25, 0.3) is 0 Å². The number of carbonyl (C=O) groups is 2. The molecule has 9 nitrogen and oxygen atoms in total. The van der Waals surface area contributed by atoms with Crippen LogP contribution in [0.3, 0.4) is 0 Å². The molecule has 200 valence electrons. The number of sulfonamides is 1. The lowest BCUT2D eigenvalue weighted by Crippen LogP contribution is -2.52. The van der Waals surface area contributed by atoms with Crippen LogP contribution in [0.5, 0.6) is 11.5 Å². The summed E-state index contributed by atoms with van der Waals surface area (Å²) in [5, 5.41) is 3.07. The number of hydrogen-bond donors (Lipinski definition) is 1. The van der Waals surface area contributed by atoms with E-state index in [-0.39, 0.29) is 18.5 Å². The second-order valence-corrected chi connectivity index (χ2v) is 11.7. The average molecular weight is 530 g/mol. The largest absolute Gasteiger partial charge is 0.486 e. The maximum Gasteiger partial charge on any atom is 0.244 e. The number of amides is 2. The number of nitrogens with zero attached hydrogens (tertiary/aromatic N) is 2. The summed E-state index contributed by atoms with van der Waals surface area (Å²) in [5.41, 5.74) is 2.18. The first-order valence-electron chi connectivity index (χ1n) is 12.6. The molecule has 2 aromatic rings. The van der Waals surface area contributed by atoms with Gasteiger partial charge in [0, 0.05) is 18.7 Å². The molecule has 0 bridgehead atoms. The molecule has 10 heteroatoms. The average Bonchev–Trinajstić information content (AvgIpc) is 3.37. The fraction of sp³-hybridized carbons (Fsp3) is 0.481. The minimum atomic E-state index is -3.83. The quantitative estimate of drug-likeness (QED) is 0.536. The second kappa shape index (κ2) is 11.4. The first kappa shape index (κ1) is 26.8. The molecule has 0 aromatic heterocycles. The number of hydrogen-bond acceptors (Lipinski definition) is 6. The third-order valence-corrected chi connectivity index (χ3v) is 7.94. The van der Waals surface area contributed by atoms with Crippen molar-refractivity contribution in [3.63, 3.8) is 0 Å². The van der Waals surface area contributed by atoms with E-state index in [0.29, 0.717) is 30.4 Å². The van der Waals surface area contributed by atoms with E-state index in [0.717, 1.165) is 47.4 Å². The van der Waals surface area contributed by atoms with Crippen LogP contribution in [-0.4, -0.2) is 63.2 Å². The van der Waals surface area contributed by atoms with Gasteiger partial charge in [-0.3, -0.25) is 13.9 Å². The first-order valence-corrected chi connectivity index (χ1v) is 14.5. The Kier molecular flexibility index (Phi) is 8.26. The number of aryl methyl sites for hydroxylation is 1. The summed E-state index contributed by atoms with van der Waals surface area (Å²) < 4.78 is 37.8. The van der Waals surface area contributed by atoms with Crippen LogP contribution >= 0.6 is 0 Å². The van der Waals surface area contributed by atoms with E-state index < -0.39 is 28.5 Å². The molecule has 1 atom stereocenters. The van der Waals surface area contributed by atoms with Crippen LogP contribution in [-0.2, 0) is 26.2 Å². The predicted octanol–water partition coefficient (Wildman–Crippen LogP) is 3.01. The lowest BCUT2D eigenvalue weighted by Gasteiger charge is -2.32. The number of rotatable bonds is 9. The number of ether oxygens (including phenoxy) is 2. The summed E-state index contributed by atoms with van der Waals surface area (Å²) in [7, 11) is -3.83. The van der Waals surface area contributed by atoms with Crippen LogP contribution in [0.1, 0.15) is 43.7 Å². The van der Waals surface area contributed by atoms with E-state index in [2.05, 4.69) is 5.32 Å². The van der Waals surface area contributed by atoms with Gasteiger partial charge >= 0.3 is 0 Å². The Morgan fingerprint density at radius 2 is 1.76 bits per heavy atom. The van der Waals surface area contributed by atoms with Crippen molar-refractivity contribution in [3.05, 3.63) is 53.6 Å². The van der Waals surface area contributed by atoms with Gasteiger partial charge < -0.3 is 19.7 Å². The molecule has 2 aromatic carbocycles. The Hall–Kier alpha value is -3.27. The summed E-state index contributed by atoms with van der Waals surface area (Å²) in [5.74, 6) is 0.230. The molecular formula is C27H35N3O6S. The number of anilines is 1. The molecule has 4 rings (SSSR count). The zero-order valence-corrected chi connectivity index (χ0v) is 22.4. The standard InChI is InChI=1S/C27H35N3O6S/c1-19-7-6-8-21(15-19)17-29(20(2)27(32)28-22-9-4-5-10-22)26(31)18-30(37(3,33)34)23-11-12-24-25(16-23)36-14-13-35-24/h6-8,11-12,15-16,20,22H,4-5,9-10,13-14,17-18H2,1-3H3,(H,28,32)/t20-/m0/s1. The molecule has 0 saturated heterocycles. The molecule has 0 unspecified atom stereocenters. The van der Waals surface area contributed by atoms with Crippen LogP contribution in [0.2, 0.25) is 0 Å². The van der Waals surface area contributed by atoms with Crippen LogP contribution < -0.4 is 19.1 Å². The van der Waals surface area contributed by atoms with Crippen LogP contribution in [0.4, 0.5) is 5.69 Å². The molecule has 2 amide bonds. The number of fused-ring (bicyclic) bond motifs is 1. The number of nitrogens with one attached hydrogen (secondary N) is 1. The SMILES string of the molecule is Cc1cccc(CN(C(=O)CN(c2ccc3c(c2)OCCO3)S(C)(=O)=O)[C@@H](C)C(=O)NC2CCCC2)c1. The fourth-order valence-corrected chi connectivity index (χ4v) is 5.62. The third kappa shape index (κ3) is 6.74. The summed E-state index contributed by atoms with van der Waals surface area (Å²) in [6.07, 6.45) is 5.05. The Labute approximate surface area is 218 Å². The van der Waals surface area contributed by atoms with Gasteiger partial charge in [0.1, 0.15) is 25.8 Å². The van der Waals surface area contributed by atoms with E-state index in [1.54, 1.807) is 25.1 Å². The van der Waals surface area contributed by atoms with E-state index >= 15 is 0 Å². The molecular weight excluding hydrogens is 494 g/mol. The van der Waals surface area contributed by atoms with E-state index in [1.807, 2.05) is 31.2 Å². The van der Waals surface area contributed by atoms with Gasteiger partial charge in [-0.2, -0.15) is 0 Å². The van der Waals surface area contributed by atoms with Gasteiger partial charge in [0.05, 0.1) is 11.9 Å². The fourth-order valence-electron chi connectivity index (χ4n) is 4.78. The predicted molar refractivity (Wildman–Crippen MR) is 141 cm³/mol. The highest BCUT2D eigenvalue weighted by Crippen LogP contribution is 2.34. The molecule has 0 radical (unpaired) electrons. The van der Waals surface area contributed by atoms with Crippen molar-refractivity contribution in [1.82, 2.24) is 10.2 Å². The lowest BCUT2D eigenvalue weighted by atomic mass is 10.1. The normalized spacial score (nSPS) is 16.2. The molecule has 37 heavy (non-hydrogen) atoms. The van der Waals surface area contributed by atoms with E-state index in [1.165, 1.54) is 4.90 Å². The topological polar surface area (TPSA) is 105 Å². The van der Waals surface area contributed by atoms with Gasteiger partial charge in [-0.25, -0.2) is 8.42 Å². The highest BCUT2D eigenvalue weighted by molar-refractivity contribution is 7.92. The summed E-state index contributed by atoms with van der Waals surface area (Å²) in [4.78, 5) is 28.3. The Morgan fingerprint density at radius 3 is 2.43 bits per heavy atom. The zero-order chi connectivity index (χ0) is 26.6. The molecule has 1 N–H and O–H groups in total. The van der Waals surface area contributed by atoms with Crippen molar-refractivity contribution in [2.45, 2.75) is 58.2 Å². The zero-order valence-electron chi connectivity index (χ0n) is 21.6. The van der Waals surface area contributed by atoms with E-state index in [9.17, 15) is 18.0 Å². The lowest BCUT2D eigenvalue weighted by molar-refractivity contribution is -0.139. The molecule has 1 aliphatic heterocycles. The highest BCUT2D eigenvalue weighted by atomic mass is 32.2. The minimum absolute atomic E-state index is 0.108. The molecule has 1 heterocycles. The molecule has 2 aliphatic rings. The minimum Gasteiger partial charge on any atom is -0.486 e. The van der Waals surface area contributed by atoms with Crippen molar-refractivity contribution >= 4 is 27.5 Å². The van der Waals surface area contributed by atoms with Crippen LogP contribution in [0.25, 0.3) is 0 Å². The van der Waals surface area contributed by atoms with Gasteiger partial charge in [-0.15, -0.1) is 0 Å². The summed E-state index contributed by atoms with van der Waals surface area (Å²) in [6.45, 7) is 4.14. The Morgan fingerprint density at radius 1 is 1.05 bits per heavy atom. The van der Waals surface area contributed by atoms with Crippen molar-refractivity contribution < 1.29 is 27.5 Å². The Bertz CT molecular complexity index is 1240. The monoisotopic (exact) mass is 529 g/mol. The molecule has 1 fully saturated rings. The molecule has 1 aliphatic carbocycles. The van der Waals surface area contributed by atoms with Crippen molar-refractivity contribution in [2.75, 3.05) is 30.3 Å². The van der Waals surface area contributed by atoms with Crippen molar-refractivity contribution in [2.24, 2.45) is 0 Å². The van der Waals surface area contributed by atoms with Gasteiger partial charge in [0.2, 0.25) is 21.8 Å². The van der Waals surface area contributed by atoms with Crippen LogP contribution in [0.15, 0.2) is 42.5 Å². The smallest absolute Gasteiger partial charge is 0.244 e. The maximum atomic E-state index is 13.7. The maximum absolute atomic E-state index is 13.7. The molecule has 1 saturated carbocycles. The number of carbonyl (C=O) groups excluding carboxylic acids is 2. The van der Waals surface area contributed by atoms with Crippen molar-refractivity contribution in [1.29, 1.82) is 0 Å². The first-order chi connectivity index (χ1) is 17.6. The molecule has 0 spiro atoms.